The van der Waals surface area contributed by atoms with Gasteiger partial charge in [-0.1, -0.05) is 19.1 Å². The maximum absolute atomic E-state index is 12.3. The van der Waals surface area contributed by atoms with E-state index < -0.39 is 0 Å². The zero-order chi connectivity index (χ0) is 21.4. The van der Waals surface area contributed by atoms with Gasteiger partial charge in [-0.15, -0.1) is 12.4 Å². The van der Waals surface area contributed by atoms with Gasteiger partial charge in [-0.3, -0.25) is 15.1 Å². The van der Waals surface area contributed by atoms with Crippen LogP contribution in [-0.4, -0.2) is 38.0 Å². The van der Waals surface area contributed by atoms with Crippen LogP contribution in [0.3, 0.4) is 0 Å². The number of anilines is 3. The van der Waals surface area contributed by atoms with Crippen LogP contribution in [0, 0.1) is 12.8 Å². The van der Waals surface area contributed by atoms with Gasteiger partial charge in [-0.2, -0.15) is 4.98 Å². The van der Waals surface area contributed by atoms with E-state index in [4.69, 9.17) is 4.42 Å². The van der Waals surface area contributed by atoms with Gasteiger partial charge < -0.3 is 9.32 Å². The van der Waals surface area contributed by atoms with Crippen molar-refractivity contribution in [2.75, 3.05) is 23.3 Å². The van der Waals surface area contributed by atoms with E-state index in [0.717, 1.165) is 49.0 Å². The quantitative estimate of drug-likeness (QED) is 0.475. The molecule has 0 aliphatic carbocycles. The number of H-pyrrole nitrogens is 1. The minimum Gasteiger partial charge on any atom is -0.423 e. The number of hydrogen-bond acceptors (Lipinski definition) is 8. The summed E-state index contributed by atoms with van der Waals surface area (Å²) in [6.07, 6.45) is 4.02. The molecule has 4 aromatic rings. The molecule has 0 amide bonds. The molecule has 5 rings (SSSR count). The second-order valence-corrected chi connectivity index (χ2v) is 7.93. The minimum atomic E-state index is -0.294. The van der Waals surface area contributed by atoms with Gasteiger partial charge in [0.1, 0.15) is 5.52 Å². The number of aromatic amines is 1. The molecule has 0 spiro atoms. The van der Waals surface area contributed by atoms with Gasteiger partial charge in [-0.05, 0) is 37.8 Å². The van der Waals surface area contributed by atoms with Crippen LogP contribution in [0.5, 0.6) is 0 Å². The van der Waals surface area contributed by atoms with Crippen molar-refractivity contribution in [2.24, 2.45) is 5.92 Å². The third-order valence-electron chi connectivity index (χ3n) is 5.57. The molecule has 0 radical (unpaired) electrons. The van der Waals surface area contributed by atoms with Crippen molar-refractivity contribution in [2.45, 2.75) is 26.7 Å². The smallest absolute Gasteiger partial charge is 0.302 e. The van der Waals surface area contributed by atoms with Crippen molar-refractivity contribution in [3.63, 3.8) is 0 Å². The number of hydrogen-bond donors (Lipinski definition) is 2. The number of piperidine rings is 1. The summed E-state index contributed by atoms with van der Waals surface area (Å²) in [6.45, 7) is 6.10. The van der Waals surface area contributed by atoms with E-state index in [0.29, 0.717) is 16.8 Å². The predicted molar refractivity (Wildman–Crippen MR) is 126 cm³/mol. The highest BCUT2D eigenvalue weighted by molar-refractivity contribution is 5.85. The largest absolute Gasteiger partial charge is 0.423 e. The van der Waals surface area contributed by atoms with Crippen LogP contribution >= 0.6 is 12.4 Å². The lowest BCUT2D eigenvalue weighted by Gasteiger charge is -2.30. The number of aromatic nitrogens is 5. The third kappa shape index (κ3) is 4.43. The van der Waals surface area contributed by atoms with Crippen LogP contribution in [0.25, 0.3) is 22.4 Å². The van der Waals surface area contributed by atoms with E-state index in [9.17, 15) is 4.79 Å². The Kier molecular flexibility index (Phi) is 6.09. The molecule has 10 heteroatoms. The molecule has 2 N–H and O–H groups in total. The molecular formula is C22H24ClN7O2. The first-order chi connectivity index (χ1) is 15.0. The number of rotatable bonds is 4. The van der Waals surface area contributed by atoms with Crippen LogP contribution in [-0.2, 0) is 0 Å². The molecule has 4 heterocycles. The van der Waals surface area contributed by atoms with Gasteiger partial charge in [0.25, 0.3) is 5.56 Å². The van der Waals surface area contributed by atoms with Crippen LogP contribution in [0.4, 0.5) is 17.9 Å². The third-order valence-corrected chi connectivity index (χ3v) is 5.57. The molecule has 1 aliphatic heterocycles. The number of benzene rings is 1. The summed E-state index contributed by atoms with van der Waals surface area (Å²) in [6, 6.07) is 9.11. The fourth-order valence-corrected chi connectivity index (χ4v) is 3.75. The highest BCUT2D eigenvalue weighted by Crippen LogP contribution is 2.25. The van der Waals surface area contributed by atoms with Gasteiger partial charge >= 0.3 is 6.01 Å². The average Bonchev–Trinajstić information content (AvgIpc) is 3.16. The molecule has 1 aliphatic rings. The minimum absolute atomic E-state index is 0. The number of nitrogens with zero attached hydrogens (tertiary/aromatic N) is 5. The van der Waals surface area contributed by atoms with E-state index in [2.05, 4.69) is 42.1 Å². The van der Waals surface area contributed by atoms with E-state index in [1.807, 2.05) is 31.2 Å². The van der Waals surface area contributed by atoms with E-state index in [-0.39, 0.29) is 29.9 Å². The summed E-state index contributed by atoms with van der Waals surface area (Å²) < 4.78 is 5.66. The first-order valence-electron chi connectivity index (χ1n) is 10.4. The second kappa shape index (κ2) is 8.96. The highest BCUT2D eigenvalue weighted by atomic mass is 35.5. The van der Waals surface area contributed by atoms with Crippen molar-refractivity contribution in [3.05, 3.63) is 52.6 Å². The Morgan fingerprint density at radius 1 is 1.16 bits per heavy atom. The standard InChI is InChI=1S/C22H23N7O2.ClH/c1-13-7-9-29(10-8-13)21-23-12-15(14(2)24-21)17-11-19(30)27-20(25-17)28-22-26-16-5-3-4-6-18(16)31-22;/h3-6,11-13H,7-10H2,1-2H3,(H2,25,26,27,28,30);1H. The lowest BCUT2D eigenvalue weighted by Crippen LogP contribution is -2.34. The van der Waals surface area contributed by atoms with Crippen molar-refractivity contribution in [3.8, 4) is 11.3 Å². The molecule has 9 nitrogen and oxygen atoms in total. The molecular weight excluding hydrogens is 430 g/mol. The summed E-state index contributed by atoms with van der Waals surface area (Å²) in [4.78, 5) is 35.3. The molecule has 0 atom stereocenters. The van der Waals surface area contributed by atoms with Crippen LogP contribution in [0.15, 0.2) is 45.7 Å². The summed E-state index contributed by atoms with van der Waals surface area (Å²) in [5.74, 6) is 1.70. The fourth-order valence-electron chi connectivity index (χ4n) is 3.75. The fraction of sp³-hybridized carbons (Fsp3) is 0.318. The Hall–Kier alpha value is -3.46. The maximum atomic E-state index is 12.3. The Balaban J connectivity index is 0.00000245. The second-order valence-electron chi connectivity index (χ2n) is 7.93. The van der Waals surface area contributed by atoms with Crippen molar-refractivity contribution in [1.82, 2.24) is 24.9 Å². The number of para-hydroxylation sites is 2. The Morgan fingerprint density at radius 2 is 1.94 bits per heavy atom. The number of nitrogens with one attached hydrogen (secondary N) is 2. The van der Waals surface area contributed by atoms with Crippen molar-refractivity contribution in [1.29, 1.82) is 0 Å². The van der Waals surface area contributed by atoms with E-state index >= 15 is 0 Å². The molecule has 1 aromatic carbocycles. The molecule has 166 valence electrons. The Labute approximate surface area is 190 Å². The highest BCUT2D eigenvalue weighted by Gasteiger charge is 2.19. The average molecular weight is 454 g/mol. The maximum Gasteiger partial charge on any atom is 0.302 e. The number of halogens is 1. The predicted octanol–water partition coefficient (Wildman–Crippen LogP) is 4.08. The van der Waals surface area contributed by atoms with E-state index in [1.54, 1.807) is 6.20 Å². The first kappa shape index (κ1) is 21.8. The monoisotopic (exact) mass is 453 g/mol. The number of fused-ring (bicyclic) bond motifs is 1. The van der Waals surface area contributed by atoms with Crippen LogP contribution in [0.2, 0.25) is 0 Å². The molecule has 0 unspecified atom stereocenters. The summed E-state index contributed by atoms with van der Waals surface area (Å²) >= 11 is 0. The van der Waals surface area contributed by atoms with Crippen molar-refractivity contribution >= 4 is 41.4 Å². The lowest BCUT2D eigenvalue weighted by molar-refractivity contribution is 0.434. The normalized spacial score (nSPS) is 14.4. The molecule has 1 fully saturated rings. The number of oxazole rings is 1. The molecule has 0 saturated carbocycles. The van der Waals surface area contributed by atoms with Gasteiger partial charge in [0.15, 0.2) is 5.58 Å². The molecule has 1 saturated heterocycles. The van der Waals surface area contributed by atoms with Gasteiger partial charge in [0.2, 0.25) is 11.9 Å². The summed E-state index contributed by atoms with van der Waals surface area (Å²) in [5.41, 5.74) is 3.04. The summed E-state index contributed by atoms with van der Waals surface area (Å²) in [7, 11) is 0. The van der Waals surface area contributed by atoms with Gasteiger partial charge in [0, 0.05) is 30.9 Å². The van der Waals surface area contributed by atoms with Crippen LogP contribution in [0.1, 0.15) is 25.5 Å². The first-order valence-corrected chi connectivity index (χ1v) is 10.4. The van der Waals surface area contributed by atoms with Crippen molar-refractivity contribution < 1.29 is 4.42 Å². The van der Waals surface area contributed by atoms with E-state index in [1.165, 1.54) is 6.07 Å². The Bertz CT molecular complexity index is 1260. The zero-order valence-corrected chi connectivity index (χ0v) is 18.6. The molecule has 3 aromatic heterocycles. The number of aryl methyl sites for hydroxylation is 1. The summed E-state index contributed by atoms with van der Waals surface area (Å²) in [5, 5.41) is 2.94. The molecule has 0 bridgehead atoms. The lowest BCUT2D eigenvalue weighted by atomic mass is 10.00. The SMILES string of the molecule is Cc1nc(N2CCC(C)CC2)ncc1-c1cc(=O)[nH]c(Nc2nc3ccccc3o2)n1.Cl. The van der Waals surface area contributed by atoms with Gasteiger partial charge in [0.05, 0.1) is 11.4 Å². The molecule has 32 heavy (non-hydrogen) atoms. The van der Waals surface area contributed by atoms with Gasteiger partial charge in [-0.25, -0.2) is 15.0 Å². The zero-order valence-electron chi connectivity index (χ0n) is 17.8. The Morgan fingerprint density at radius 3 is 2.69 bits per heavy atom. The topological polar surface area (TPSA) is 113 Å². The van der Waals surface area contributed by atoms with Crippen LogP contribution < -0.4 is 15.8 Å².